The van der Waals surface area contributed by atoms with Crippen molar-refractivity contribution in [2.45, 2.75) is 43.7 Å². The Hall–Kier alpha value is -3.43. The molecule has 35 heavy (non-hydrogen) atoms. The summed E-state index contributed by atoms with van der Waals surface area (Å²) in [5.74, 6) is -2.45. The molecule has 0 aliphatic rings. The van der Waals surface area contributed by atoms with Crippen LogP contribution in [0.5, 0.6) is 0 Å². The minimum atomic E-state index is -1.64. The van der Waals surface area contributed by atoms with Crippen LogP contribution in [0, 0.1) is 11.6 Å². The van der Waals surface area contributed by atoms with Gasteiger partial charge in [-0.25, -0.2) is 17.7 Å². The van der Waals surface area contributed by atoms with E-state index in [9.17, 15) is 22.6 Å². The Bertz CT molecular complexity index is 1210. The first kappa shape index (κ1) is 26.2. The molecule has 0 bridgehead atoms. The van der Waals surface area contributed by atoms with E-state index in [2.05, 4.69) is 15.4 Å². The maximum Gasteiger partial charge on any atom is 0.251 e. The van der Waals surface area contributed by atoms with Gasteiger partial charge in [-0.1, -0.05) is 30.3 Å². The number of anilines is 1. The van der Waals surface area contributed by atoms with Gasteiger partial charge in [0.05, 0.1) is 10.6 Å². The van der Waals surface area contributed by atoms with Crippen LogP contribution in [0.1, 0.15) is 36.7 Å². The van der Waals surface area contributed by atoms with Gasteiger partial charge in [0.15, 0.2) is 0 Å². The lowest BCUT2D eigenvalue weighted by molar-refractivity contribution is -0.118. The molecule has 0 saturated heterocycles. The highest BCUT2D eigenvalue weighted by Gasteiger charge is 2.24. The molecule has 0 saturated carbocycles. The third-order valence-electron chi connectivity index (χ3n) is 4.82. The molecule has 9 heteroatoms. The van der Waals surface area contributed by atoms with Crippen LogP contribution in [0.15, 0.2) is 77.7 Å². The number of hydrogen-bond donors (Lipinski definition) is 3. The summed E-state index contributed by atoms with van der Waals surface area (Å²) in [6.45, 7) is 5.51. The van der Waals surface area contributed by atoms with Crippen molar-refractivity contribution in [2.75, 3.05) is 5.32 Å². The van der Waals surface area contributed by atoms with Gasteiger partial charge in [0.25, 0.3) is 5.91 Å². The van der Waals surface area contributed by atoms with Crippen molar-refractivity contribution < 1.29 is 22.6 Å². The highest BCUT2D eigenvalue weighted by molar-refractivity contribution is 7.83. The van der Waals surface area contributed by atoms with E-state index in [-0.39, 0.29) is 22.6 Å². The molecule has 0 heterocycles. The second-order valence-corrected chi connectivity index (χ2v) is 10.2. The standard InChI is InChI=1S/C26H27F2N3O3S/c1-26(2,3)31-35(34)20-13-14-22(21(28)16-20)29-25(33)23(15-17-7-5-4-6-8-17)30-24(32)18-9-11-19(27)12-10-18/h4-14,16,23,31H,15H2,1-3H3,(H,29,33)(H,30,32). The summed E-state index contributed by atoms with van der Waals surface area (Å²) in [6, 6.07) is 16.8. The zero-order valence-corrected chi connectivity index (χ0v) is 20.4. The van der Waals surface area contributed by atoms with E-state index in [0.29, 0.717) is 0 Å². The zero-order valence-electron chi connectivity index (χ0n) is 19.6. The molecular weight excluding hydrogens is 472 g/mol. The Morgan fingerprint density at radius 3 is 2.20 bits per heavy atom. The lowest BCUT2D eigenvalue weighted by Crippen LogP contribution is -2.45. The molecule has 2 amide bonds. The number of halogens is 2. The number of benzene rings is 3. The first-order chi connectivity index (χ1) is 16.5. The quantitative estimate of drug-likeness (QED) is 0.431. The monoisotopic (exact) mass is 499 g/mol. The summed E-state index contributed by atoms with van der Waals surface area (Å²) in [6.07, 6.45) is 0.152. The van der Waals surface area contributed by atoms with E-state index in [0.717, 1.165) is 23.8 Å². The molecule has 3 rings (SSSR count). The number of carbonyl (C=O) groups excluding carboxylic acids is 2. The van der Waals surface area contributed by atoms with Crippen molar-refractivity contribution in [1.82, 2.24) is 10.0 Å². The van der Waals surface area contributed by atoms with Crippen LogP contribution in [0.3, 0.4) is 0 Å². The predicted octanol–water partition coefficient (Wildman–Crippen LogP) is 4.36. The summed E-state index contributed by atoms with van der Waals surface area (Å²) < 4.78 is 43.2. The molecule has 2 unspecified atom stereocenters. The predicted molar refractivity (Wildman–Crippen MR) is 132 cm³/mol. The van der Waals surface area contributed by atoms with Crippen LogP contribution in [0.25, 0.3) is 0 Å². The zero-order chi connectivity index (χ0) is 25.6. The van der Waals surface area contributed by atoms with Gasteiger partial charge in [-0.05, 0) is 68.8 Å². The number of amides is 2. The van der Waals surface area contributed by atoms with E-state index in [1.54, 1.807) is 24.3 Å². The Balaban J connectivity index is 1.78. The van der Waals surface area contributed by atoms with Gasteiger partial charge < -0.3 is 10.6 Å². The largest absolute Gasteiger partial charge is 0.340 e. The second kappa shape index (κ2) is 11.3. The normalized spacial score (nSPS) is 13.1. The van der Waals surface area contributed by atoms with Crippen LogP contribution in [-0.4, -0.2) is 27.6 Å². The Labute approximate surface area is 205 Å². The fraction of sp³-hybridized carbons (Fsp3) is 0.231. The minimum absolute atomic E-state index is 0.111. The highest BCUT2D eigenvalue weighted by atomic mass is 32.2. The molecule has 0 aliphatic carbocycles. The first-order valence-electron chi connectivity index (χ1n) is 10.9. The molecule has 0 fully saturated rings. The lowest BCUT2D eigenvalue weighted by Gasteiger charge is -2.20. The summed E-state index contributed by atoms with van der Waals surface area (Å²) in [5, 5.41) is 5.14. The Morgan fingerprint density at radius 2 is 1.60 bits per heavy atom. The number of hydrogen-bond acceptors (Lipinski definition) is 3. The van der Waals surface area contributed by atoms with E-state index >= 15 is 0 Å². The molecule has 3 aromatic carbocycles. The third-order valence-corrected chi connectivity index (χ3v) is 6.30. The van der Waals surface area contributed by atoms with E-state index in [1.165, 1.54) is 24.3 Å². The van der Waals surface area contributed by atoms with Gasteiger partial charge in [-0.2, -0.15) is 0 Å². The van der Waals surface area contributed by atoms with Crippen molar-refractivity contribution in [3.8, 4) is 0 Å². The molecule has 184 valence electrons. The maximum absolute atomic E-state index is 14.8. The lowest BCUT2D eigenvalue weighted by atomic mass is 10.0. The number of carbonyl (C=O) groups is 2. The molecule has 3 N–H and O–H groups in total. The molecular formula is C26H27F2N3O3S. The van der Waals surface area contributed by atoms with E-state index < -0.39 is 46.0 Å². The molecule has 3 aromatic rings. The van der Waals surface area contributed by atoms with Crippen LogP contribution in [-0.2, 0) is 22.2 Å². The minimum Gasteiger partial charge on any atom is -0.340 e. The van der Waals surface area contributed by atoms with Crippen molar-refractivity contribution in [3.63, 3.8) is 0 Å². The van der Waals surface area contributed by atoms with Crippen LogP contribution in [0.2, 0.25) is 0 Å². The van der Waals surface area contributed by atoms with E-state index in [1.807, 2.05) is 26.8 Å². The average Bonchev–Trinajstić information content (AvgIpc) is 2.79. The smallest absolute Gasteiger partial charge is 0.251 e. The van der Waals surface area contributed by atoms with Gasteiger partial charge in [-0.15, -0.1) is 0 Å². The van der Waals surface area contributed by atoms with Gasteiger partial charge >= 0.3 is 0 Å². The number of nitrogens with one attached hydrogen (secondary N) is 3. The summed E-state index contributed by atoms with van der Waals surface area (Å²) in [7, 11) is -1.64. The van der Waals surface area contributed by atoms with E-state index in [4.69, 9.17) is 0 Å². The maximum atomic E-state index is 14.8. The third kappa shape index (κ3) is 7.80. The van der Waals surface area contributed by atoms with Gasteiger partial charge in [0.1, 0.15) is 28.7 Å². The van der Waals surface area contributed by atoms with Crippen molar-refractivity contribution in [1.29, 1.82) is 0 Å². The fourth-order valence-electron chi connectivity index (χ4n) is 3.17. The highest BCUT2D eigenvalue weighted by Crippen LogP contribution is 2.19. The van der Waals surface area contributed by atoms with Gasteiger partial charge in [0, 0.05) is 17.5 Å². The second-order valence-electron chi connectivity index (χ2n) is 8.97. The molecule has 0 spiro atoms. The van der Waals surface area contributed by atoms with Gasteiger partial charge in [0.2, 0.25) is 5.91 Å². The SMILES string of the molecule is CC(C)(C)NS(=O)c1ccc(NC(=O)C(Cc2ccccc2)NC(=O)c2ccc(F)cc2)c(F)c1. The molecule has 0 aliphatic heterocycles. The average molecular weight is 500 g/mol. The summed E-state index contributed by atoms with van der Waals surface area (Å²) in [5.41, 5.74) is 0.412. The van der Waals surface area contributed by atoms with Crippen molar-refractivity contribution in [2.24, 2.45) is 0 Å². The summed E-state index contributed by atoms with van der Waals surface area (Å²) >= 11 is 0. The molecule has 0 aromatic heterocycles. The fourth-order valence-corrected chi connectivity index (χ4v) is 4.25. The van der Waals surface area contributed by atoms with Crippen molar-refractivity contribution >= 4 is 28.5 Å². The topological polar surface area (TPSA) is 87.3 Å². The Morgan fingerprint density at radius 1 is 0.943 bits per heavy atom. The summed E-state index contributed by atoms with van der Waals surface area (Å²) in [4.78, 5) is 26.0. The van der Waals surface area contributed by atoms with Crippen LogP contribution >= 0.6 is 0 Å². The molecule has 2 atom stereocenters. The Kier molecular flexibility index (Phi) is 8.48. The molecule has 6 nitrogen and oxygen atoms in total. The number of rotatable bonds is 8. The van der Waals surface area contributed by atoms with Gasteiger partial charge in [-0.3, -0.25) is 9.59 Å². The first-order valence-corrected chi connectivity index (χ1v) is 12.1. The van der Waals surface area contributed by atoms with Crippen LogP contribution in [0.4, 0.5) is 14.5 Å². The van der Waals surface area contributed by atoms with Crippen molar-refractivity contribution in [3.05, 3.63) is 95.6 Å². The van der Waals surface area contributed by atoms with Crippen LogP contribution < -0.4 is 15.4 Å². The molecule has 0 radical (unpaired) electrons.